The minimum atomic E-state index is 0.563. The Morgan fingerprint density at radius 3 is 2.83 bits per heavy atom. The number of rotatable bonds is 9. The van der Waals surface area contributed by atoms with Crippen LogP contribution in [0.2, 0.25) is 0 Å². The second kappa shape index (κ2) is 9.15. The molecule has 3 heteroatoms. The largest absolute Gasteiger partial charge is 0.493 e. The van der Waals surface area contributed by atoms with E-state index in [2.05, 4.69) is 37.6 Å². The lowest BCUT2D eigenvalue weighted by atomic mass is 10.2. The summed E-state index contributed by atoms with van der Waals surface area (Å²) in [4.78, 5) is 0. The zero-order chi connectivity index (χ0) is 13.2. The van der Waals surface area contributed by atoms with E-state index in [9.17, 15) is 0 Å². The van der Waals surface area contributed by atoms with Crippen LogP contribution in [-0.2, 0) is 0 Å². The molecular formula is C15H25NOS. The van der Waals surface area contributed by atoms with Gasteiger partial charge in [0.1, 0.15) is 5.75 Å². The molecule has 1 N–H and O–H groups in total. The third kappa shape index (κ3) is 6.80. The summed E-state index contributed by atoms with van der Waals surface area (Å²) in [6, 6.07) is 8.23. The van der Waals surface area contributed by atoms with Gasteiger partial charge in [-0.25, -0.2) is 0 Å². The number of benzene rings is 1. The van der Waals surface area contributed by atoms with Crippen molar-refractivity contribution in [3.8, 4) is 5.75 Å². The van der Waals surface area contributed by atoms with Crippen LogP contribution >= 0.6 is 11.8 Å². The summed E-state index contributed by atoms with van der Waals surface area (Å²) in [6.45, 7) is 6.13. The highest BCUT2D eigenvalue weighted by atomic mass is 32.2. The van der Waals surface area contributed by atoms with Crippen molar-refractivity contribution in [3.63, 3.8) is 0 Å². The van der Waals surface area contributed by atoms with Crippen LogP contribution < -0.4 is 10.1 Å². The first-order chi connectivity index (χ1) is 8.72. The van der Waals surface area contributed by atoms with Gasteiger partial charge in [-0.2, -0.15) is 11.8 Å². The van der Waals surface area contributed by atoms with E-state index in [4.69, 9.17) is 4.74 Å². The van der Waals surface area contributed by atoms with Crippen molar-refractivity contribution >= 4 is 17.4 Å². The number of nitrogens with one attached hydrogen (secondary N) is 1. The molecule has 0 fully saturated rings. The zero-order valence-corrected chi connectivity index (χ0v) is 12.6. The second-order valence-corrected chi connectivity index (χ2v) is 5.84. The predicted molar refractivity (Wildman–Crippen MR) is 82.9 cm³/mol. The molecule has 18 heavy (non-hydrogen) atoms. The van der Waals surface area contributed by atoms with E-state index in [0.717, 1.165) is 24.6 Å². The molecule has 0 saturated heterocycles. The fraction of sp³-hybridized carbons (Fsp3) is 0.600. The number of unbranched alkanes of at least 4 members (excludes halogenated alkanes) is 1. The van der Waals surface area contributed by atoms with Crippen LogP contribution in [0.3, 0.4) is 0 Å². The molecule has 1 aromatic rings. The van der Waals surface area contributed by atoms with Gasteiger partial charge >= 0.3 is 0 Å². The molecule has 0 radical (unpaired) electrons. The molecule has 0 spiro atoms. The summed E-state index contributed by atoms with van der Waals surface area (Å²) in [6.07, 6.45) is 4.65. The van der Waals surface area contributed by atoms with Crippen LogP contribution in [0, 0.1) is 5.92 Å². The minimum Gasteiger partial charge on any atom is -0.493 e. The summed E-state index contributed by atoms with van der Waals surface area (Å²) < 4.78 is 5.71. The Morgan fingerprint density at radius 1 is 1.28 bits per heavy atom. The topological polar surface area (TPSA) is 21.3 Å². The molecule has 0 aromatic heterocycles. The summed E-state index contributed by atoms with van der Waals surface area (Å²) in [5.41, 5.74) is 1.15. The molecule has 0 amide bonds. The fourth-order valence-electron chi connectivity index (χ4n) is 1.56. The van der Waals surface area contributed by atoms with Gasteiger partial charge in [0.25, 0.3) is 0 Å². The Morgan fingerprint density at radius 2 is 2.11 bits per heavy atom. The number of hydrogen-bond donors (Lipinski definition) is 1. The Labute approximate surface area is 116 Å². The zero-order valence-electron chi connectivity index (χ0n) is 11.7. The molecule has 102 valence electrons. The highest BCUT2D eigenvalue weighted by molar-refractivity contribution is 7.98. The van der Waals surface area contributed by atoms with E-state index in [1.807, 2.05) is 23.9 Å². The first-order valence-electron chi connectivity index (χ1n) is 6.68. The summed E-state index contributed by atoms with van der Waals surface area (Å²) in [5, 5.41) is 3.44. The summed E-state index contributed by atoms with van der Waals surface area (Å²) >= 11 is 1.91. The molecule has 1 aromatic carbocycles. The van der Waals surface area contributed by atoms with Gasteiger partial charge in [0.2, 0.25) is 0 Å². The van der Waals surface area contributed by atoms with Crippen LogP contribution in [-0.4, -0.2) is 25.2 Å². The molecule has 2 nitrogen and oxygen atoms in total. The summed E-state index contributed by atoms with van der Waals surface area (Å²) in [5.74, 6) is 2.77. The van der Waals surface area contributed by atoms with Gasteiger partial charge in [-0.1, -0.05) is 19.9 Å². The van der Waals surface area contributed by atoms with Crippen molar-refractivity contribution in [2.24, 2.45) is 5.92 Å². The van der Waals surface area contributed by atoms with Gasteiger partial charge in [0, 0.05) is 18.3 Å². The van der Waals surface area contributed by atoms with Gasteiger partial charge in [0.05, 0.1) is 6.61 Å². The number of hydrogen-bond acceptors (Lipinski definition) is 3. The first-order valence-corrected chi connectivity index (χ1v) is 8.07. The van der Waals surface area contributed by atoms with Crippen molar-refractivity contribution in [2.45, 2.75) is 26.7 Å². The Hall–Kier alpha value is -0.830. The second-order valence-electron chi connectivity index (χ2n) is 4.86. The quantitative estimate of drug-likeness (QED) is 0.675. The lowest BCUT2D eigenvalue weighted by Gasteiger charge is -2.11. The van der Waals surface area contributed by atoms with Crippen LogP contribution in [0.25, 0.3) is 0 Å². The van der Waals surface area contributed by atoms with Crippen molar-refractivity contribution < 1.29 is 4.74 Å². The first kappa shape index (κ1) is 15.2. The predicted octanol–water partition coefficient (Wildman–Crippen LogP) is 4.28. The Balaban J connectivity index is 2.30. The van der Waals surface area contributed by atoms with Gasteiger partial charge in [-0.05, 0) is 42.9 Å². The third-order valence-corrected chi connectivity index (χ3v) is 3.22. The average Bonchev–Trinajstić information content (AvgIpc) is 2.37. The van der Waals surface area contributed by atoms with E-state index >= 15 is 0 Å². The molecule has 1 rings (SSSR count). The van der Waals surface area contributed by atoms with Gasteiger partial charge < -0.3 is 10.1 Å². The van der Waals surface area contributed by atoms with Crippen LogP contribution in [0.5, 0.6) is 5.75 Å². The smallest absolute Gasteiger partial charge is 0.121 e. The normalized spacial score (nSPS) is 10.7. The number of anilines is 1. The van der Waals surface area contributed by atoms with E-state index in [1.54, 1.807) is 0 Å². The van der Waals surface area contributed by atoms with Crippen molar-refractivity contribution in [1.82, 2.24) is 0 Å². The van der Waals surface area contributed by atoms with E-state index < -0.39 is 0 Å². The Kier molecular flexibility index (Phi) is 7.74. The number of thioether (sulfide) groups is 1. The van der Waals surface area contributed by atoms with Crippen LogP contribution in [0.15, 0.2) is 24.3 Å². The van der Waals surface area contributed by atoms with Gasteiger partial charge in [0.15, 0.2) is 0 Å². The minimum absolute atomic E-state index is 0.563. The third-order valence-electron chi connectivity index (χ3n) is 2.52. The fourth-order valence-corrected chi connectivity index (χ4v) is 2.06. The molecule has 0 aliphatic rings. The van der Waals surface area contributed by atoms with Crippen LogP contribution in [0.1, 0.15) is 26.7 Å². The Bertz CT molecular complexity index is 328. The maximum Gasteiger partial charge on any atom is 0.121 e. The van der Waals surface area contributed by atoms with Crippen molar-refractivity contribution in [1.29, 1.82) is 0 Å². The van der Waals surface area contributed by atoms with E-state index in [-0.39, 0.29) is 0 Å². The van der Waals surface area contributed by atoms with Crippen LogP contribution in [0.4, 0.5) is 5.69 Å². The maximum absolute atomic E-state index is 5.71. The molecule has 0 aliphatic heterocycles. The standard InChI is InChI=1S/C15H25NOS/c1-13(2)12-17-15-8-6-7-14(11-15)16-9-4-5-10-18-3/h6-8,11,13,16H,4-5,9-10,12H2,1-3H3. The highest BCUT2D eigenvalue weighted by Gasteiger charge is 1.98. The molecule has 0 unspecified atom stereocenters. The van der Waals surface area contributed by atoms with E-state index in [0.29, 0.717) is 5.92 Å². The lowest BCUT2D eigenvalue weighted by Crippen LogP contribution is -2.05. The lowest BCUT2D eigenvalue weighted by molar-refractivity contribution is 0.271. The highest BCUT2D eigenvalue weighted by Crippen LogP contribution is 2.18. The monoisotopic (exact) mass is 267 g/mol. The average molecular weight is 267 g/mol. The molecule has 0 atom stereocenters. The van der Waals surface area contributed by atoms with Gasteiger partial charge in [-0.15, -0.1) is 0 Å². The van der Waals surface area contributed by atoms with E-state index in [1.165, 1.54) is 18.6 Å². The maximum atomic E-state index is 5.71. The van der Waals surface area contributed by atoms with Gasteiger partial charge in [-0.3, -0.25) is 0 Å². The number of ether oxygens (including phenoxy) is 1. The summed E-state index contributed by atoms with van der Waals surface area (Å²) in [7, 11) is 0. The molecular weight excluding hydrogens is 242 g/mol. The molecule has 0 heterocycles. The van der Waals surface area contributed by atoms with Crippen molar-refractivity contribution in [2.75, 3.05) is 30.5 Å². The molecule has 0 saturated carbocycles. The molecule has 0 aliphatic carbocycles. The molecule has 0 bridgehead atoms. The SMILES string of the molecule is CSCCCCNc1cccc(OCC(C)C)c1. The van der Waals surface area contributed by atoms with Crippen molar-refractivity contribution in [3.05, 3.63) is 24.3 Å².